The molecule has 0 saturated carbocycles. The molecule has 2 atom stereocenters. The van der Waals surface area contributed by atoms with Crippen molar-refractivity contribution >= 4 is 35.2 Å². The Bertz CT molecular complexity index is 1010. The van der Waals surface area contributed by atoms with Crippen molar-refractivity contribution in [2.45, 2.75) is 52.5 Å². The van der Waals surface area contributed by atoms with Gasteiger partial charge in [0.1, 0.15) is 5.82 Å². The second kappa shape index (κ2) is 15.6. The minimum Gasteiger partial charge on any atom is -0.398 e. The summed E-state index contributed by atoms with van der Waals surface area (Å²) in [4.78, 5) is 36.1. The molecule has 0 spiro atoms. The van der Waals surface area contributed by atoms with Gasteiger partial charge in [0.15, 0.2) is 0 Å². The Labute approximate surface area is 221 Å². The minimum atomic E-state index is -0.624. The number of nitrogens with zero attached hydrogens (tertiary/aromatic N) is 4. The molecule has 1 aromatic heterocycles. The van der Waals surface area contributed by atoms with Gasteiger partial charge in [-0.05, 0) is 57.0 Å². The fraction of sp³-hybridized carbons (Fsp3) is 0.500. The van der Waals surface area contributed by atoms with Crippen LogP contribution >= 0.6 is 0 Å². The molecule has 2 unspecified atom stereocenters. The lowest BCUT2D eigenvalue weighted by Gasteiger charge is -2.30. The average Bonchev–Trinajstić information content (AvgIpc) is 3.30. The Balaban J connectivity index is 0.000000240. The van der Waals surface area contributed by atoms with Crippen molar-refractivity contribution in [1.82, 2.24) is 14.8 Å². The quantitative estimate of drug-likeness (QED) is 0.329. The van der Waals surface area contributed by atoms with E-state index in [2.05, 4.69) is 48.0 Å². The number of nitrogens with two attached hydrogens (primary N) is 2. The molecule has 37 heavy (non-hydrogen) atoms. The maximum atomic E-state index is 12.0. The summed E-state index contributed by atoms with van der Waals surface area (Å²) in [7, 11) is 2.13. The topological polar surface area (TPSA) is 130 Å². The molecule has 2 saturated heterocycles. The highest BCUT2D eigenvalue weighted by Crippen LogP contribution is 2.16. The zero-order valence-corrected chi connectivity index (χ0v) is 22.7. The summed E-state index contributed by atoms with van der Waals surface area (Å²) >= 11 is 0. The van der Waals surface area contributed by atoms with Crippen LogP contribution in [0.2, 0.25) is 0 Å². The number of aromatic nitrogens is 1. The van der Waals surface area contributed by atoms with Crippen LogP contribution in [0.25, 0.3) is 0 Å². The van der Waals surface area contributed by atoms with Gasteiger partial charge in [-0.3, -0.25) is 14.6 Å². The average molecular weight is 510 g/mol. The SMILES string of the molecule is CC1CCCN(C(=O)C(=O)Nc2ccc(N)nc2)C1.CCC.CN1CCC(N=Cc2ccccc2N)C1. The van der Waals surface area contributed by atoms with E-state index in [4.69, 9.17) is 11.5 Å². The van der Waals surface area contributed by atoms with E-state index >= 15 is 0 Å². The number of carbonyl (C=O) groups is 2. The Morgan fingerprint density at radius 2 is 1.84 bits per heavy atom. The summed E-state index contributed by atoms with van der Waals surface area (Å²) in [6.45, 7) is 9.83. The Hall–Kier alpha value is -3.46. The second-order valence-electron chi connectivity index (χ2n) is 9.74. The van der Waals surface area contributed by atoms with E-state index < -0.39 is 11.8 Å². The number of nitrogens with one attached hydrogen (secondary N) is 1. The highest BCUT2D eigenvalue weighted by atomic mass is 16.2. The number of amides is 2. The van der Waals surface area contributed by atoms with Crippen molar-refractivity contribution in [3.05, 3.63) is 48.2 Å². The number of hydrogen-bond donors (Lipinski definition) is 3. The summed E-state index contributed by atoms with van der Waals surface area (Å²) in [6, 6.07) is 11.5. The lowest BCUT2D eigenvalue weighted by molar-refractivity contribution is -0.144. The van der Waals surface area contributed by atoms with Crippen LogP contribution in [0.4, 0.5) is 17.2 Å². The number of benzene rings is 1. The van der Waals surface area contributed by atoms with E-state index in [0.717, 1.165) is 43.6 Å². The van der Waals surface area contributed by atoms with E-state index in [0.29, 0.717) is 36.6 Å². The van der Waals surface area contributed by atoms with Crippen LogP contribution in [0, 0.1) is 5.92 Å². The van der Waals surface area contributed by atoms with E-state index in [1.54, 1.807) is 17.0 Å². The van der Waals surface area contributed by atoms with Gasteiger partial charge in [-0.15, -0.1) is 0 Å². The minimum absolute atomic E-state index is 0.370. The molecule has 4 rings (SSSR count). The van der Waals surface area contributed by atoms with Crippen LogP contribution < -0.4 is 16.8 Å². The molecule has 2 fully saturated rings. The van der Waals surface area contributed by atoms with Crippen molar-refractivity contribution in [2.24, 2.45) is 10.9 Å². The number of likely N-dealkylation sites (tertiary alicyclic amines) is 2. The van der Waals surface area contributed by atoms with Crippen molar-refractivity contribution in [1.29, 1.82) is 0 Å². The van der Waals surface area contributed by atoms with Crippen molar-refractivity contribution in [3.8, 4) is 0 Å². The summed E-state index contributed by atoms with van der Waals surface area (Å²) in [5.41, 5.74) is 13.6. The first kappa shape index (κ1) is 29.8. The molecule has 0 aliphatic carbocycles. The van der Waals surface area contributed by atoms with Gasteiger partial charge in [-0.2, -0.15) is 0 Å². The molecule has 202 valence electrons. The third-order valence-corrected chi connectivity index (χ3v) is 5.97. The number of anilines is 3. The zero-order chi connectivity index (χ0) is 27.2. The molecule has 3 heterocycles. The summed E-state index contributed by atoms with van der Waals surface area (Å²) in [5, 5.41) is 2.53. The number of para-hydroxylation sites is 1. The standard InChI is InChI=1S/C13H18N4O2.C12H17N3.C3H8/c1-9-3-2-6-17(8-9)13(19)12(18)16-10-4-5-11(14)15-7-10;1-15-7-6-11(9-15)14-8-10-4-2-3-5-12(10)13;1-3-2/h4-5,7,9H,2-3,6,8H2,1H3,(H2,14,15)(H,16,18);2-5,8,11H,6-7,9,13H2,1H3;3H2,1-2H3. The number of pyridine rings is 1. The van der Waals surface area contributed by atoms with Crippen LogP contribution in [0.5, 0.6) is 0 Å². The molecule has 0 bridgehead atoms. The molecule has 9 heteroatoms. The van der Waals surface area contributed by atoms with Crippen LogP contribution in [-0.2, 0) is 9.59 Å². The molecule has 9 nitrogen and oxygen atoms in total. The number of likely N-dealkylation sites (N-methyl/N-ethyl adjacent to an activating group) is 1. The van der Waals surface area contributed by atoms with E-state index in [-0.39, 0.29) is 0 Å². The zero-order valence-electron chi connectivity index (χ0n) is 22.7. The summed E-state index contributed by atoms with van der Waals surface area (Å²) in [5.74, 6) is -0.290. The van der Waals surface area contributed by atoms with Crippen LogP contribution in [-0.4, -0.2) is 72.1 Å². The van der Waals surface area contributed by atoms with Gasteiger partial charge >= 0.3 is 11.8 Å². The van der Waals surface area contributed by atoms with E-state index in [9.17, 15) is 9.59 Å². The predicted molar refractivity (Wildman–Crippen MR) is 153 cm³/mol. The predicted octanol–water partition coefficient (Wildman–Crippen LogP) is 3.67. The Kier molecular flexibility index (Phi) is 12.6. The van der Waals surface area contributed by atoms with Gasteiger partial charge in [-0.25, -0.2) is 4.98 Å². The third-order valence-electron chi connectivity index (χ3n) is 5.97. The third kappa shape index (κ3) is 10.6. The first-order valence-electron chi connectivity index (χ1n) is 13.1. The molecular formula is C28H43N7O2. The largest absolute Gasteiger partial charge is 0.398 e. The van der Waals surface area contributed by atoms with Crippen LogP contribution in [0.1, 0.15) is 52.0 Å². The number of nitrogen functional groups attached to an aromatic ring is 2. The molecule has 2 aromatic rings. The Morgan fingerprint density at radius 3 is 2.43 bits per heavy atom. The first-order valence-corrected chi connectivity index (χ1v) is 13.1. The number of aliphatic imine (C=N–C) groups is 1. The number of hydrogen-bond acceptors (Lipinski definition) is 7. The van der Waals surface area contributed by atoms with Gasteiger partial charge < -0.3 is 26.6 Å². The highest BCUT2D eigenvalue weighted by Gasteiger charge is 2.26. The molecule has 1 aromatic carbocycles. The van der Waals surface area contributed by atoms with E-state index in [1.807, 2.05) is 30.5 Å². The normalized spacial score (nSPS) is 19.4. The van der Waals surface area contributed by atoms with Gasteiger partial charge in [0.05, 0.1) is 17.9 Å². The molecule has 0 radical (unpaired) electrons. The van der Waals surface area contributed by atoms with E-state index in [1.165, 1.54) is 12.6 Å². The highest BCUT2D eigenvalue weighted by molar-refractivity contribution is 6.39. The molecular weight excluding hydrogens is 466 g/mol. The first-order chi connectivity index (χ1) is 17.7. The molecule has 2 aliphatic rings. The fourth-order valence-electron chi connectivity index (χ4n) is 4.03. The molecule has 2 amide bonds. The van der Waals surface area contributed by atoms with Crippen molar-refractivity contribution < 1.29 is 9.59 Å². The van der Waals surface area contributed by atoms with Crippen LogP contribution in [0.15, 0.2) is 47.6 Å². The number of carbonyl (C=O) groups excluding carboxylic acids is 2. The maximum Gasteiger partial charge on any atom is 0.313 e. The molecule has 2 aliphatic heterocycles. The summed E-state index contributed by atoms with van der Waals surface area (Å²) < 4.78 is 0. The van der Waals surface area contributed by atoms with Crippen LogP contribution in [0.3, 0.4) is 0 Å². The number of rotatable bonds is 3. The van der Waals surface area contributed by atoms with Gasteiger partial charge in [0, 0.05) is 37.1 Å². The van der Waals surface area contributed by atoms with Gasteiger partial charge in [-0.1, -0.05) is 45.4 Å². The smallest absolute Gasteiger partial charge is 0.313 e. The Morgan fingerprint density at radius 1 is 1.11 bits per heavy atom. The van der Waals surface area contributed by atoms with Crippen molar-refractivity contribution in [3.63, 3.8) is 0 Å². The lowest BCUT2D eigenvalue weighted by atomic mass is 10.0. The molecule has 5 N–H and O–H groups in total. The lowest BCUT2D eigenvalue weighted by Crippen LogP contribution is -2.44. The van der Waals surface area contributed by atoms with Gasteiger partial charge in [0.25, 0.3) is 0 Å². The van der Waals surface area contributed by atoms with Crippen molar-refractivity contribution in [2.75, 3.05) is 50.0 Å². The fourth-order valence-corrected chi connectivity index (χ4v) is 4.03. The summed E-state index contributed by atoms with van der Waals surface area (Å²) in [6.07, 6.45) is 7.79. The maximum absolute atomic E-state index is 12.0. The number of piperidine rings is 1. The van der Waals surface area contributed by atoms with Gasteiger partial charge in [0.2, 0.25) is 0 Å². The monoisotopic (exact) mass is 509 g/mol. The second-order valence-corrected chi connectivity index (χ2v) is 9.74.